The summed E-state index contributed by atoms with van der Waals surface area (Å²) in [5, 5.41) is 14.3. The van der Waals surface area contributed by atoms with Crippen molar-refractivity contribution in [2.75, 3.05) is 11.9 Å². The summed E-state index contributed by atoms with van der Waals surface area (Å²) < 4.78 is 6.58. The summed E-state index contributed by atoms with van der Waals surface area (Å²) >= 11 is 3.48. The summed E-state index contributed by atoms with van der Waals surface area (Å²) in [5.41, 5.74) is 3.25. The molecule has 0 atom stereocenters. The van der Waals surface area contributed by atoms with Crippen LogP contribution in [0.15, 0.2) is 21.0 Å². The fraction of sp³-hybridized carbons (Fsp3) is 0.385. The van der Waals surface area contributed by atoms with E-state index in [0.717, 1.165) is 27.8 Å². The molecular formula is C13H17BrN4O. The number of benzene rings is 1. The van der Waals surface area contributed by atoms with Gasteiger partial charge in [-0.3, -0.25) is 0 Å². The molecule has 6 heteroatoms. The Balaban J connectivity index is 2.15. The molecule has 2 aromatic rings. The van der Waals surface area contributed by atoms with Crippen LogP contribution in [-0.2, 0) is 6.54 Å². The van der Waals surface area contributed by atoms with Crippen LogP contribution in [0.25, 0.3) is 0 Å². The van der Waals surface area contributed by atoms with Gasteiger partial charge < -0.3 is 15.1 Å². The van der Waals surface area contributed by atoms with Gasteiger partial charge in [-0.25, -0.2) is 0 Å². The maximum absolute atomic E-state index is 5.52. The van der Waals surface area contributed by atoms with Crippen LogP contribution in [-0.4, -0.2) is 16.7 Å². The van der Waals surface area contributed by atoms with Crippen LogP contribution in [0.1, 0.15) is 23.9 Å². The fourth-order valence-electron chi connectivity index (χ4n) is 1.82. The minimum Gasteiger partial charge on any atom is -0.406 e. The van der Waals surface area contributed by atoms with E-state index in [0.29, 0.717) is 18.5 Å². The molecule has 0 spiro atoms. The highest BCUT2D eigenvalue weighted by atomic mass is 79.9. The maximum Gasteiger partial charge on any atom is 0.320 e. The largest absolute Gasteiger partial charge is 0.406 e. The number of aryl methyl sites for hydroxylation is 2. The smallest absolute Gasteiger partial charge is 0.320 e. The second kappa shape index (κ2) is 6.16. The van der Waals surface area contributed by atoms with Crippen molar-refractivity contribution in [3.63, 3.8) is 0 Å². The number of anilines is 2. The summed E-state index contributed by atoms with van der Waals surface area (Å²) in [7, 11) is 0. The molecule has 0 amide bonds. The second-order valence-corrected chi connectivity index (χ2v) is 5.24. The van der Waals surface area contributed by atoms with E-state index in [9.17, 15) is 0 Å². The highest BCUT2D eigenvalue weighted by molar-refractivity contribution is 9.10. The Hall–Kier alpha value is -1.40. The number of nitrogens with zero attached hydrogens (tertiary/aromatic N) is 2. The summed E-state index contributed by atoms with van der Waals surface area (Å²) in [6.45, 7) is 7.57. The zero-order chi connectivity index (χ0) is 13.8. The average Bonchev–Trinajstić information content (AvgIpc) is 2.79. The molecule has 1 aromatic carbocycles. The molecule has 19 heavy (non-hydrogen) atoms. The number of nitrogens with one attached hydrogen (secondary N) is 2. The number of aromatic nitrogens is 2. The Bertz CT molecular complexity index is 545. The van der Waals surface area contributed by atoms with E-state index in [1.165, 1.54) is 0 Å². The first kappa shape index (κ1) is 14.0. The van der Waals surface area contributed by atoms with Crippen molar-refractivity contribution in [3.8, 4) is 0 Å². The lowest BCUT2D eigenvalue weighted by Gasteiger charge is -2.10. The van der Waals surface area contributed by atoms with Gasteiger partial charge in [-0.2, -0.15) is 0 Å². The van der Waals surface area contributed by atoms with Gasteiger partial charge in [0.05, 0.1) is 6.54 Å². The Morgan fingerprint density at radius 1 is 1.21 bits per heavy atom. The van der Waals surface area contributed by atoms with Crippen molar-refractivity contribution in [1.82, 2.24) is 15.5 Å². The van der Waals surface area contributed by atoms with Gasteiger partial charge in [0.2, 0.25) is 5.89 Å². The molecule has 0 saturated carbocycles. The Kier molecular flexibility index (Phi) is 4.55. The van der Waals surface area contributed by atoms with Crippen LogP contribution in [0.3, 0.4) is 0 Å². The predicted molar refractivity (Wildman–Crippen MR) is 78.6 cm³/mol. The van der Waals surface area contributed by atoms with E-state index in [1.807, 2.05) is 32.9 Å². The van der Waals surface area contributed by atoms with Gasteiger partial charge in [0.25, 0.3) is 0 Å². The van der Waals surface area contributed by atoms with Gasteiger partial charge >= 0.3 is 6.01 Å². The molecule has 0 unspecified atom stereocenters. The molecule has 0 fully saturated rings. The van der Waals surface area contributed by atoms with E-state index in [1.54, 1.807) is 0 Å². The fourth-order valence-corrected chi connectivity index (χ4v) is 2.51. The zero-order valence-corrected chi connectivity index (χ0v) is 12.8. The Labute approximate surface area is 120 Å². The molecule has 0 bridgehead atoms. The molecule has 2 N–H and O–H groups in total. The molecule has 5 nitrogen and oxygen atoms in total. The van der Waals surface area contributed by atoms with E-state index in [4.69, 9.17) is 4.42 Å². The SMILES string of the molecule is CCNCc1nnc(Nc2c(C)cc(Br)cc2C)o1. The van der Waals surface area contributed by atoms with Gasteiger partial charge in [0, 0.05) is 10.2 Å². The lowest BCUT2D eigenvalue weighted by molar-refractivity contribution is 0.484. The van der Waals surface area contributed by atoms with Crippen LogP contribution < -0.4 is 10.6 Å². The van der Waals surface area contributed by atoms with Crippen molar-refractivity contribution in [2.45, 2.75) is 27.3 Å². The normalized spacial score (nSPS) is 10.7. The van der Waals surface area contributed by atoms with Gasteiger partial charge in [0.1, 0.15) is 0 Å². The van der Waals surface area contributed by atoms with Crippen molar-refractivity contribution in [2.24, 2.45) is 0 Å². The quantitative estimate of drug-likeness (QED) is 0.883. The van der Waals surface area contributed by atoms with E-state index in [2.05, 4.69) is 36.8 Å². The van der Waals surface area contributed by atoms with E-state index in [-0.39, 0.29) is 0 Å². The highest BCUT2D eigenvalue weighted by Gasteiger charge is 2.09. The predicted octanol–water partition coefficient (Wildman–Crippen LogP) is 3.30. The molecule has 1 heterocycles. The van der Waals surface area contributed by atoms with Gasteiger partial charge in [-0.1, -0.05) is 28.0 Å². The first-order valence-electron chi connectivity index (χ1n) is 6.17. The number of halogens is 1. The number of rotatable bonds is 5. The number of hydrogen-bond acceptors (Lipinski definition) is 5. The molecule has 1 aromatic heterocycles. The molecular weight excluding hydrogens is 308 g/mol. The summed E-state index contributed by atoms with van der Waals surface area (Å²) in [5.74, 6) is 0.580. The van der Waals surface area contributed by atoms with Crippen LogP contribution in [0.2, 0.25) is 0 Å². The van der Waals surface area contributed by atoms with Crippen molar-refractivity contribution in [3.05, 3.63) is 33.6 Å². The molecule has 0 radical (unpaired) electrons. The molecule has 0 aliphatic rings. The maximum atomic E-state index is 5.52. The minimum atomic E-state index is 0.418. The van der Waals surface area contributed by atoms with Crippen molar-refractivity contribution >= 4 is 27.6 Å². The standard InChI is InChI=1S/C13H17BrN4O/c1-4-15-7-11-17-18-13(19-11)16-12-8(2)5-10(14)6-9(12)3/h5-6,15H,4,7H2,1-3H3,(H,16,18). The summed E-state index contributed by atoms with van der Waals surface area (Å²) in [6, 6.07) is 4.51. The topological polar surface area (TPSA) is 63.0 Å². The lowest BCUT2D eigenvalue weighted by atomic mass is 10.1. The van der Waals surface area contributed by atoms with Gasteiger partial charge in [-0.05, 0) is 43.7 Å². The first-order chi connectivity index (χ1) is 9.10. The average molecular weight is 325 g/mol. The molecule has 102 valence electrons. The van der Waals surface area contributed by atoms with Crippen LogP contribution in [0.5, 0.6) is 0 Å². The zero-order valence-electron chi connectivity index (χ0n) is 11.2. The van der Waals surface area contributed by atoms with Crippen molar-refractivity contribution in [1.29, 1.82) is 0 Å². The Morgan fingerprint density at radius 2 is 1.89 bits per heavy atom. The lowest BCUT2D eigenvalue weighted by Crippen LogP contribution is -2.11. The molecule has 0 aliphatic heterocycles. The third-order valence-electron chi connectivity index (χ3n) is 2.72. The van der Waals surface area contributed by atoms with Crippen LogP contribution in [0.4, 0.5) is 11.7 Å². The summed E-state index contributed by atoms with van der Waals surface area (Å²) in [6.07, 6.45) is 0. The monoisotopic (exact) mass is 324 g/mol. The molecule has 0 aliphatic carbocycles. The highest BCUT2D eigenvalue weighted by Crippen LogP contribution is 2.27. The van der Waals surface area contributed by atoms with Crippen LogP contribution in [0, 0.1) is 13.8 Å². The minimum absolute atomic E-state index is 0.418. The van der Waals surface area contributed by atoms with E-state index < -0.39 is 0 Å². The molecule has 0 saturated heterocycles. The first-order valence-corrected chi connectivity index (χ1v) is 6.96. The van der Waals surface area contributed by atoms with E-state index >= 15 is 0 Å². The summed E-state index contributed by atoms with van der Waals surface area (Å²) in [4.78, 5) is 0. The van der Waals surface area contributed by atoms with Crippen molar-refractivity contribution < 1.29 is 4.42 Å². The number of hydrogen-bond donors (Lipinski definition) is 2. The molecule has 2 rings (SSSR count). The third-order valence-corrected chi connectivity index (χ3v) is 3.18. The Morgan fingerprint density at radius 3 is 2.53 bits per heavy atom. The van der Waals surface area contributed by atoms with Gasteiger partial charge in [0.15, 0.2) is 0 Å². The second-order valence-electron chi connectivity index (χ2n) is 4.32. The van der Waals surface area contributed by atoms with Gasteiger partial charge in [-0.15, -0.1) is 5.10 Å². The third kappa shape index (κ3) is 3.54. The van der Waals surface area contributed by atoms with Crippen LogP contribution >= 0.6 is 15.9 Å².